The predicted molar refractivity (Wildman–Crippen MR) is 93.4 cm³/mol. The Balaban J connectivity index is 1.42. The smallest absolute Gasteiger partial charge is 0.236 e. The lowest BCUT2D eigenvalue weighted by Gasteiger charge is -2.23. The Labute approximate surface area is 144 Å². The van der Waals surface area contributed by atoms with Gasteiger partial charge in [-0.1, -0.05) is 18.2 Å². The average Bonchev–Trinajstić information content (AvgIpc) is 3.32. The maximum Gasteiger partial charge on any atom is 0.236 e. The fourth-order valence-corrected chi connectivity index (χ4v) is 3.98. The van der Waals surface area contributed by atoms with Crippen LogP contribution >= 0.6 is 11.3 Å². The lowest BCUT2D eigenvalue weighted by atomic mass is 10.0. The molecule has 0 amide bonds. The van der Waals surface area contributed by atoms with Crippen LogP contribution in [0.4, 0.5) is 4.39 Å². The number of rotatable bonds is 5. The summed E-state index contributed by atoms with van der Waals surface area (Å²) in [6, 6.07) is 11.4. The van der Waals surface area contributed by atoms with Gasteiger partial charge in [0.05, 0.1) is 10.6 Å². The van der Waals surface area contributed by atoms with E-state index in [0.717, 1.165) is 30.1 Å². The van der Waals surface area contributed by atoms with E-state index in [1.54, 1.807) is 29.7 Å². The van der Waals surface area contributed by atoms with Gasteiger partial charge in [0.15, 0.2) is 0 Å². The van der Waals surface area contributed by atoms with Crippen LogP contribution in [0.15, 0.2) is 52.5 Å². The van der Waals surface area contributed by atoms with Crippen molar-refractivity contribution >= 4 is 11.3 Å². The third-order valence-corrected chi connectivity index (χ3v) is 5.39. The highest BCUT2D eigenvalue weighted by molar-refractivity contribution is 7.13. The van der Waals surface area contributed by atoms with Gasteiger partial charge in [-0.15, -0.1) is 11.3 Å². The van der Waals surface area contributed by atoms with Crippen LogP contribution < -0.4 is 0 Å². The molecule has 0 radical (unpaired) electrons. The molecule has 1 aliphatic rings. The molecule has 1 saturated heterocycles. The molecule has 4 rings (SSSR count). The first-order valence-corrected chi connectivity index (χ1v) is 9.13. The van der Waals surface area contributed by atoms with Crippen LogP contribution in [0, 0.1) is 5.82 Å². The molecule has 3 aromatic rings. The summed E-state index contributed by atoms with van der Waals surface area (Å²) in [6.07, 6.45) is 5.09. The van der Waals surface area contributed by atoms with Gasteiger partial charge in [0.1, 0.15) is 12.1 Å². The van der Waals surface area contributed by atoms with E-state index in [2.05, 4.69) is 9.88 Å². The summed E-state index contributed by atoms with van der Waals surface area (Å²) in [4.78, 5) is 8.14. The summed E-state index contributed by atoms with van der Waals surface area (Å²) < 4.78 is 18.7. The molecule has 0 bridgehead atoms. The molecule has 0 saturated carbocycles. The van der Waals surface area contributed by atoms with E-state index >= 15 is 0 Å². The van der Waals surface area contributed by atoms with Crippen LogP contribution in [-0.2, 0) is 13.0 Å². The second-order valence-electron chi connectivity index (χ2n) is 6.22. The van der Waals surface area contributed by atoms with Crippen molar-refractivity contribution in [1.29, 1.82) is 0 Å². The Morgan fingerprint density at radius 2 is 2.12 bits per heavy atom. The molecule has 24 heavy (non-hydrogen) atoms. The van der Waals surface area contributed by atoms with Crippen LogP contribution in [0.2, 0.25) is 0 Å². The topological polar surface area (TPSA) is 29.3 Å². The Bertz CT molecular complexity index is 782. The molecule has 0 spiro atoms. The minimum absolute atomic E-state index is 0.175. The summed E-state index contributed by atoms with van der Waals surface area (Å²) in [5.74, 6) is 0.528. The van der Waals surface area contributed by atoms with E-state index in [1.165, 1.54) is 18.4 Å². The molecule has 1 aromatic carbocycles. The molecular formula is C19H19FN2OS. The van der Waals surface area contributed by atoms with E-state index < -0.39 is 0 Å². The second-order valence-corrected chi connectivity index (χ2v) is 7.17. The summed E-state index contributed by atoms with van der Waals surface area (Å²) >= 11 is 1.64. The fraction of sp³-hybridized carbons (Fsp3) is 0.316. The summed E-state index contributed by atoms with van der Waals surface area (Å²) in [5, 5.41) is 2.03. The molecule has 1 fully saturated rings. The van der Waals surface area contributed by atoms with E-state index in [-0.39, 0.29) is 5.82 Å². The minimum atomic E-state index is -0.175. The number of hydrogen-bond donors (Lipinski definition) is 0. The van der Waals surface area contributed by atoms with Crippen molar-refractivity contribution in [3.8, 4) is 10.8 Å². The van der Waals surface area contributed by atoms with Crippen molar-refractivity contribution in [2.45, 2.75) is 31.8 Å². The number of thiophene rings is 1. The zero-order valence-electron chi connectivity index (χ0n) is 13.3. The molecule has 0 N–H and O–H groups in total. The highest BCUT2D eigenvalue weighted by atomic mass is 32.1. The van der Waals surface area contributed by atoms with Crippen molar-refractivity contribution < 1.29 is 8.81 Å². The van der Waals surface area contributed by atoms with Crippen LogP contribution in [0.25, 0.3) is 10.8 Å². The number of benzene rings is 1. The van der Waals surface area contributed by atoms with Gasteiger partial charge >= 0.3 is 0 Å². The van der Waals surface area contributed by atoms with E-state index in [1.807, 2.05) is 29.6 Å². The van der Waals surface area contributed by atoms with E-state index in [9.17, 15) is 4.39 Å². The van der Waals surface area contributed by atoms with Crippen molar-refractivity contribution in [2.24, 2.45) is 0 Å². The second kappa shape index (κ2) is 6.87. The number of oxazole rings is 1. The first kappa shape index (κ1) is 15.5. The van der Waals surface area contributed by atoms with Gasteiger partial charge in [-0.3, -0.25) is 4.90 Å². The monoisotopic (exact) mass is 342 g/mol. The van der Waals surface area contributed by atoms with Crippen molar-refractivity contribution in [3.05, 3.63) is 65.1 Å². The Kier molecular flexibility index (Phi) is 4.45. The van der Waals surface area contributed by atoms with Crippen molar-refractivity contribution in [1.82, 2.24) is 9.88 Å². The lowest BCUT2D eigenvalue weighted by molar-refractivity contribution is 0.241. The Morgan fingerprint density at radius 3 is 2.92 bits per heavy atom. The molecule has 5 heteroatoms. The van der Waals surface area contributed by atoms with Gasteiger partial charge in [0, 0.05) is 12.6 Å². The van der Waals surface area contributed by atoms with Crippen molar-refractivity contribution in [3.63, 3.8) is 0 Å². The normalized spacial score (nSPS) is 18.3. The molecule has 1 atom stereocenters. The van der Waals surface area contributed by atoms with Crippen LogP contribution in [0.5, 0.6) is 0 Å². The van der Waals surface area contributed by atoms with E-state index in [4.69, 9.17) is 4.42 Å². The maximum absolute atomic E-state index is 13.1. The lowest BCUT2D eigenvalue weighted by Crippen LogP contribution is -2.30. The maximum atomic E-state index is 13.1. The molecule has 1 aliphatic heterocycles. The number of halogens is 1. The van der Waals surface area contributed by atoms with Gasteiger partial charge in [-0.2, -0.15) is 0 Å². The summed E-state index contributed by atoms with van der Waals surface area (Å²) in [5.41, 5.74) is 2.16. The molecule has 3 nitrogen and oxygen atoms in total. The number of hydrogen-bond acceptors (Lipinski definition) is 4. The van der Waals surface area contributed by atoms with Crippen molar-refractivity contribution in [2.75, 3.05) is 6.54 Å². The number of aromatic nitrogens is 1. The quantitative estimate of drug-likeness (QED) is 0.670. The number of nitrogens with zero attached hydrogens (tertiary/aromatic N) is 2. The first-order chi connectivity index (χ1) is 11.8. The first-order valence-electron chi connectivity index (χ1n) is 8.25. The summed E-state index contributed by atoms with van der Waals surface area (Å²) in [6.45, 7) is 1.88. The van der Waals surface area contributed by atoms with Gasteiger partial charge < -0.3 is 4.42 Å². The van der Waals surface area contributed by atoms with Crippen LogP contribution in [-0.4, -0.2) is 22.5 Å². The van der Waals surface area contributed by atoms with Gasteiger partial charge in [-0.25, -0.2) is 9.37 Å². The van der Waals surface area contributed by atoms with Crippen LogP contribution in [0.3, 0.4) is 0 Å². The van der Waals surface area contributed by atoms with Gasteiger partial charge in [0.2, 0.25) is 5.89 Å². The van der Waals surface area contributed by atoms with Crippen LogP contribution in [0.1, 0.15) is 24.1 Å². The van der Waals surface area contributed by atoms with Gasteiger partial charge in [-0.05, 0) is 54.9 Å². The molecule has 124 valence electrons. The molecule has 0 aliphatic carbocycles. The SMILES string of the molecule is Fc1ccc(C[C@H]2CCCN2Cc2coc(-c3cccs3)n2)cc1. The zero-order valence-corrected chi connectivity index (χ0v) is 14.1. The van der Waals surface area contributed by atoms with Gasteiger partial charge in [0.25, 0.3) is 0 Å². The molecule has 0 unspecified atom stereocenters. The number of likely N-dealkylation sites (tertiary alicyclic amines) is 1. The minimum Gasteiger partial charge on any atom is -0.444 e. The summed E-state index contributed by atoms with van der Waals surface area (Å²) in [7, 11) is 0. The average molecular weight is 342 g/mol. The molecular weight excluding hydrogens is 323 g/mol. The highest BCUT2D eigenvalue weighted by Crippen LogP contribution is 2.26. The largest absolute Gasteiger partial charge is 0.444 e. The Hall–Kier alpha value is -1.98. The Morgan fingerprint density at radius 1 is 1.25 bits per heavy atom. The zero-order chi connectivity index (χ0) is 16.4. The standard InChI is InChI=1S/C19H19FN2OS/c20-15-7-5-14(6-8-15)11-17-3-1-9-22(17)12-16-13-23-19(21-16)18-4-2-10-24-18/h2,4-8,10,13,17H,1,3,9,11-12H2/t17-/m1/s1. The third-order valence-electron chi connectivity index (χ3n) is 4.53. The van der Waals surface area contributed by atoms with E-state index in [0.29, 0.717) is 11.9 Å². The molecule has 3 heterocycles. The fourth-order valence-electron chi connectivity index (χ4n) is 3.33. The highest BCUT2D eigenvalue weighted by Gasteiger charge is 2.25. The predicted octanol–water partition coefficient (Wildman–Crippen LogP) is 4.75. The third kappa shape index (κ3) is 3.42. The molecule has 2 aromatic heterocycles.